The van der Waals surface area contributed by atoms with Crippen molar-refractivity contribution in [2.45, 2.75) is 25.7 Å². The highest BCUT2D eigenvalue weighted by Crippen LogP contribution is 2.31. The second-order valence-corrected chi connectivity index (χ2v) is 7.42. The predicted molar refractivity (Wildman–Crippen MR) is 106 cm³/mol. The average molecular weight is 409 g/mol. The molecular formula is C22H18F3N5. The third-order valence-electron chi connectivity index (χ3n) is 5.41. The van der Waals surface area contributed by atoms with Gasteiger partial charge in [-0.1, -0.05) is 30.3 Å². The third kappa shape index (κ3) is 3.54. The summed E-state index contributed by atoms with van der Waals surface area (Å²) in [5, 5.41) is 8.60. The molecule has 0 spiro atoms. The molecular weight excluding hydrogens is 391 g/mol. The monoisotopic (exact) mass is 409 g/mol. The molecule has 30 heavy (non-hydrogen) atoms. The van der Waals surface area contributed by atoms with Crippen LogP contribution in [0.5, 0.6) is 0 Å². The number of para-hydroxylation sites is 1. The van der Waals surface area contributed by atoms with Crippen LogP contribution in [0, 0.1) is 0 Å². The molecule has 1 N–H and O–H groups in total. The van der Waals surface area contributed by atoms with Crippen molar-refractivity contribution in [3.05, 3.63) is 77.2 Å². The molecule has 0 radical (unpaired) electrons. The second-order valence-electron chi connectivity index (χ2n) is 7.42. The van der Waals surface area contributed by atoms with Gasteiger partial charge in [-0.05, 0) is 18.2 Å². The van der Waals surface area contributed by atoms with Gasteiger partial charge in [-0.25, -0.2) is 9.97 Å². The third-order valence-corrected chi connectivity index (χ3v) is 5.41. The number of aromatic nitrogens is 4. The van der Waals surface area contributed by atoms with E-state index in [-0.39, 0.29) is 0 Å². The van der Waals surface area contributed by atoms with Crippen molar-refractivity contribution in [2.24, 2.45) is 0 Å². The molecule has 0 amide bonds. The molecule has 0 atom stereocenters. The average Bonchev–Trinajstić information content (AvgIpc) is 3.16. The molecule has 152 valence electrons. The van der Waals surface area contributed by atoms with E-state index in [1.807, 2.05) is 18.2 Å². The summed E-state index contributed by atoms with van der Waals surface area (Å²) in [6.45, 7) is 2.31. The molecule has 1 aliphatic rings. The van der Waals surface area contributed by atoms with Crippen molar-refractivity contribution >= 4 is 10.9 Å². The minimum Gasteiger partial charge on any atom is -0.293 e. The Hall–Kier alpha value is -3.26. The van der Waals surface area contributed by atoms with E-state index in [0.29, 0.717) is 11.4 Å². The van der Waals surface area contributed by atoms with Crippen molar-refractivity contribution in [1.82, 2.24) is 25.1 Å². The molecule has 0 aliphatic carbocycles. The van der Waals surface area contributed by atoms with Crippen LogP contribution in [0.1, 0.15) is 22.5 Å². The molecule has 0 fully saturated rings. The highest BCUT2D eigenvalue weighted by molar-refractivity contribution is 5.81. The van der Waals surface area contributed by atoms with Crippen LogP contribution in [0.3, 0.4) is 0 Å². The maximum absolute atomic E-state index is 12.8. The second kappa shape index (κ2) is 7.21. The van der Waals surface area contributed by atoms with Crippen LogP contribution >= 0.6 is 0 Å². The molecule has 0 bridgehead atoms. The zero-order valence-electron chi connectivity index (χ0n) is 15.9. The van der Waals surface area contributed by atoms with E-state index >= 15 is 0 Å². The van der Waals surface area contributed by atoms with Gasteiger partial charge in [-0.3, -0.25) is 10.00 Å². The number of H-pyrrole nitrogens is 1. The van der Waals surface area contributed by atoms with Crippen LogP contribution in [-0.4, -0.2) is 31.6 Å². The standard InChI is InChI=1S/C22H18F3N5/c23-22(24,25)16-7-5-14(6-8-16)21-26-11-15-12-30(10-9-18(15)27-21)13-20-17-3-1-2-4-19(17)28-29-20/h1-8,11H,9-10,12-13H2,(H,28,29). The number of nitrogens with one attached hydrogen (secondary N) is 1. The van der Waals surface area contributed by atoms with Gasteiger partial charge in [-0.15, -0.1) is 0 Å². The number of benzene rings is 2. The van der Waals surface area contributed by atoms with Gasteiger partial charge in [0.1, 0.15) is 0 Å². The van der Waals surface area contributed by atoms with Gasteiger partial charge in [0.2, 0.25) is 0 Å². The van der Waals surface area contributed by atoms with Gasteiger partial charge >= 0.3 is 6.18 Å². The van der Waals surface area contributed by atoms with E-state index in [1.165, 1.54) is 12.1 Å². The fourth-order valence-corrected chi connectivity index (χ4v) is 3.82. The Morgan fingerprint density at radius 2 is 1.83 bits per heavy atom. The first-order valence-corrected chi connectivity index (χ1v) is 9.64. The lowest BCUT2D eigenvalue weighted by molar-refractivity contribution is -0.137. The molecule has 0 saturated carbocycles. The van der Waals surface area contributed by atoms with E-state index in [0.717, 1.165) is 66.0 Å². The molecule has 8 heteroatoms. The Bertz CT molecular complexity index is 1200. The largest absolute Gasteiger partial charge is 0.416 e. The molecule has 5 nitrogen and oxygen atoms in total. The van der Waals surface area contributed by atoms with E-state index < -0.39 is 11.7 Å². The number of rotatable bonds is 3. The van der Waals surface area contributed by atoms with Gasteiger partial charge < -0.3 is 0 Å². The van der Waals surface area contributed by atoms with Crippen molar-refractivity contribution < 1.29 is 13.2 Å². The smallest absolute Gasteiger partial charge is 0.293 e. The SMILES string of the molecule is FC(F)(F)c1ccc(-c2ncc3c(n2)CCN(Cc2[nH]nc4ccccc24)C3)cc1. The Morgan fingerprint density at radius 1 is 1.03 bits per heavy atom. The minimum absolute atomic E-state index is 0.454. The van der Waals surface area contributed by atoms with Crippen molar-refractivity contribution in [3.8, 4) is 11.4 Å². The number of aromatic amines is 1. The van der Waals surface area contributed by atoms with Crippen LogP contribution in [0.15, 0.2) is 54.7 Å². The van der Waals surface area contributed by atoms with Gasteiger partial charge in [0.05, 0.1) is 22.5 Å². The first kappa shape index (κ1) is 18.7. The molecule has 0 saturated heterocycles. The molecule has 3 heterocycles. The Kier molecular flexibility index (Phi) is 4.51. The zero-order valence-corrected chi connectivity index (χ0v) is 15.9. The molecule has 2 aromatic heterocycles. The predicted octanol–water partition coefficient (Wildman–Crippen LogP) is 4.60. The topological polar surface area (TPSA) is 57.7 Å². The molecule has 2 aromatic carbocycles. The van der Waals surface area contributed by atoms with Gasteiger partial charge in [0.25, 0.3) is 0 Å². The van der Waals surface area contributed by atoms with E-state index in [1.54, 1.807) is 6.20 Å². The Balaban J connectivity index is 1.33. The van der Waals surface area contributed by atoms with Crippen LogP contribution in [0.4, 0.5) is 13.2 Å². The normalized spacial score (nSPS) is 14.8. The summed E-state index contributed by atoms with van der Waals surface area (Å²) in [5.74, 6) is 0.454. The first-order chi connectivity index (χ1) is 14.5. The fraction of sp³-hybridized carbons (Fsp3) is 0.227. The highest BCUT2D eigenvalue weighted by Gasteiger charge is 2.30. The lowest BCUT2D eigenvalue weighted by Crippen LogP contribution is -2.31. The zero-order chi connectivity index (χ0) is 20.7. The Labute approximate surface area is 170 Å². The number of nitrogens with zero attached hydrogens (tertiary/aromatic N) is 4. The minimum atomic E-state index is -4.35. The van der Waals surface area contributed by atoms with Gasteiger partial charge in [-0.2, -0.15) is 18.3 Å². The maximum Gasteiger partial charge on any atom is 0.416 e. The Morgan fingerprint density at radius 3 is 2.63 bits per heavy atom. The highest BCUT2D eigenvalue weighted by atomic mass is 19.4. The maximum atomic E-state index is 12.8. The molecule has 4 aromatic rings. The number of alkyl halides is 3. The summed E-state index contributed by atoms with van der Waals surface area (Å²) in [5.41, 5.74) is 3.93. The quantitative estimate of drug-likeness (QED) is 0.537. The molecule has 5 rings (SSSR count). The fourth-order valence-electron chi connectivity index (χ4n) is 3.82. The van der Waals surface area contributed by atoms with Crippen LogP contribution < -0.4 is 0 Å². The molecule has 1 aliphatic heterocycles. The summed E-state index contributed by atoms with van der Waals surface area (Å²) in [4.78, 5) is 11.3. The molecule has 0 unspecified atom stereocenters. The van der Waals surface area contributed by atoms with Gasteiger partial charge in [0.15, 0.2) is 5.82 Å². The summed E-state index contributed by atoms with van der Waals surface area (Å²) in [6, 6.07) is 13.0. The first-order valence-electron chi connectivity index (χ1n) is 9.64. The number of hydrogen-bond donors (Lipinski definition) is 1. The van der Waals surface area contributed by atoms with Crippen LogP contribution in [0.25, 0.3) is 22.3 Å². The number of fused-ring (bicyclic) bond motifs is 2. The summed E-state index contributed by atoms with van der Waals surface area (Å²) >= 11 is 0. The van der Waals surface area contributed by atoms with Crippen molar-refractivity contribution in [2.75, 3.05) is 6.54 Å². The number of halogens is 3. The lowest BCUT2D eigenvalue weighted by Gasteiger charge is -2.27. The summed E-state index contributed by atoms with van der Waals surface area (Å²) < 4.78 is 38.3. The van der Waals surface area contributed by atoms with E-state index in [2.05, 4.69) is 31.1 Å². The lowest BCUT2D eigenvalue weighted by atomic mass is 10.1. The van der Waals surface area contributed by atoms with Crippen LogP contribution in [0.2, 0.25) is 0 Å². The van der Waals surface area contributed by atoms with Crippen molar-refractivity contribution in [1.29, 1.82) is 0 Å². The van der Waals surface area contributed by atoms with Crippen LogP contribution in [-0.2, 0) is 25.7 Å². The summed E-state index contributed by atoms with van der Waals surface area (Å²) in [7, 11) is 0. The van der Waals surface area contributed by atoms with E-state index in [9.17, 15) is 13.2 Å². The van der Waals surface area contributed by atoms with E-state index in [4.69, 9.17) is 0 Å². The van der Waals surface area contributed by atoms with Crippen molar-refractivity contribution in [3.63, 3.8) is 0 Å². The van der Waals surface area contributed by atoms with Gasteiger partial charge in [0, 0.05) is 48.8 Å². The number of hydrogen-bond acceptors (Lipinski definition) is 4. The summed E-state index contributed by atoms with van der Waals surface area (Å²) in [6.07, 6.45) is -1.80.